The van der Waals surface area contributed by atoms with E-state index in [1.54, 1.807) is 7.11 Å². The van der Waals surface area contributed by atoms with E-state index in [2.05, 4.69) is 15.6 Å². The Hall–Kier alpha value is -2.24. The molecule has 24 heavy (non-hydrogen) atoms. The highest BCUT2D eigenvalue weighted by Gasteiger charge is 2.25. The number of amides is 1. The van der Waals surface area contributed by atoms with Gasteiger partial charge in [0.1, 0.15) is 5.75 Å². The van der Waals surface area contributed by atoms with Gasteiger partial charge in [-0.2, -0.15) is 0 Å². The minimum Gasteiger partial charge on any atom is -0.497 e. The Bertz CT molecular complexity index is 557. The lowest BCUT2D eigenvalue weighted by atomic mass is 10.2. The maximum Gasteiger partial charge on any atom is 0.222 e. The maximum absolute atomic E-state index is 11.8. The molecule has 1 unspecified atom stereocenters. The van der Waals surface area contributed by atoms with Gasteiger partial charge in [0.15, 0.2) is 5.96 Å². The molecule has 1 aromatic carbocycles. The van der Waals surface area contributed by atoms with Crippen molar-refractivity contribution in [2.45, 2.75) is 39.3 Å². The average Bonchev–Trinajstić information content (AvgIpc) is 3.08. The highest BCUT2D eigenvalue weighted by molar-refractivity contribution is 5.80. The Kier molecular flexibility index (Phi) is 6.90. The van der Waals surface area contributed by atoms with Crippen LogP contribution in [0.3, 0.4) is 0 Å². The Labute approximate surface area is 144 Å². The number of likely N-dealkylation sites (tertiary alicyclic amines) is 1. The molecule has 0 spiro atoms. The van der Waals surface area contributed by atoms with E-state index in [0.29, 0.717) is 13.0 Å². The molecule has 132 valence electrons. The molecule has 6 heteroatoms. The summed E-state index contributed by atoms with van der Waals surface area (Å²) in [7, 11) is 1.66. The van der Waals surface area contributed by atoms with Gasteiger partial charge >= 0.3 is 0 Å². The van der Waals surface area contributed by atoms with Crippen LogP contribution < -0.4 is 15.4 Å². The van der Waals surface area contributed by atoms with E-state index in [9.17, 15) is 4.79 Å². The van der Waals surface area contributed by atoms with Gasteiger partial charge in [0.05, 0.1) is 13.7 Å². The summed E-state index contributed by atoms with van der Waals surface area (Å²) in [5.74, 6) is 1.86. The summed E-state index contributed by atoms with van der Waals surface area (Å²) >= 11 is 0. The van der Waals surface area contributed by atoms with Crippen LogP contribution in [0.4, 0.5) is 0 Å². The molecule has 2 rings (SSSR count). The van der Waals surface area contributed by atoms with Gasteiger partial charge < -0.3 is 20.3 Å². The van der Waals surface area contributed by atoms with Crippen molar-refractivity contribution in [1.82, 2.24) is 15.5 Å². The third-order valence-electron chi connectivity index (χ3n) is 4.11. The number of nitrogens with one attached hydrogen (secondary N) is 2. The lowest BCUT2D eigenvalue weighted by Crippen LogP contribution is -2.45. The minimum absolute atomic E-state index is 0.222. The predicted octanol–water partition coefficient (Wildman–Crippen LogP) is 1.76. The number of benzene rings is 1. The average molecular weight is 332 g/mol. The van der Waals surface area contributed by atoms with Gasteiger partial charge in [-0.1, -0.05) is 19.1 Å². The van der Waals surface area contributed by atoms with Crippen molar-refractivity contribution in [3.05, 3.63) is 29.8 Å². The van der Waals surface area contributed by atoms with E-state index in [-0.39, 0.29) is 11.9 Å². The fraction of sp³-hybridized carbons (Fsp3) is 0.556. The van der Waals surface area contributed by atoms with Crippen molar-refractivity contribution >= 4 is 11.9 Å². The highest BCUT2D eigenvalue weighted by atomic mass is 16.5. The smallest absolute Gasteiger partial charge is 0.222 e. The molecule has 6 nitrogen and oxygen atoms in total. The molecule has 1 aliphatic rings. The number of nitrogens with zero attached hydrogens (tertiary/aromatic N) is 2. The number of carbonyl (C=O) groups is 1. The number of guanidine groups is 1. The van der Waals surface area contributed by atoms with Crippen LogP contribution in [0.15, 0.2) is 29.3 Å². The van der Waals surface area contributed by atoms with Crippen LogP contribution in [0, 0.1) is 0 Å². The second-order valence-corrected chi connectivity index (χ2v) is 5.87. The first-order valence-corrected chi connectivity index (χ1v) is 8.61. The zero-order chi connectivity index (χ0) is 17.4. The lowest BCUT2D eigenvalue weighted by Gasteiger charge is -2.18. The number of methoxy groups -OCH3 is 1. The molecule has 0 aliphatic carbocycles. The number of hydrogen-bond donors (Lipinski definition) is 2. The van der Waals surface area contributed by atoms with Crippen LogP contribution in [-0.2, 0) is 11.3 Å². The number of ether oxygens (including phenoxy) is 1. The number of hydrogen-bond acceptors (Lipinski definition) is 3. The Balaban J connectivity index is 1.92. The predicted molar refractivity (Wildman–Crippen MR) is 96.2 cm³/mol. The second-order valence-electron chi connectivity index (χ2n) is 5.87. The summed E-state index contributed by atoms with van der Waals surface area (Å²) < 4.78 is 5.17. The molecule has 1 fully saturated rings. The second kappa shape index (κ2) is 9.15. The van der Waals surface area contributed by atoms with Gasteiger partial charge in [0.2, 0.25) is 5.91 Å². The van der Waals surface area contributed by atoms with Crippen molar-refractivity contribution in [3.8, 4) is 5.75 Å². The quantitative estimate of drug-likeness (QED) is 0.615. The zero-order valence-electron chi connectivity index (χ0n) is 14.8. The number of rotatable bonds is 6. The van der Waals surface area contributed by atoms with E-state index in [0.717, 1.165) is 43.3 Å². The lowest BCUT2D eigenvalue weighted by molar-refractivity contribution is -0.129. The van der Waals surface area contributed by atoms with Gasteiger partial charge in [-0.15, -0.1) is 0 Å². The van der Waals surface area contributed by atoms with Crippen molar-refractivity contribution in [2.24, 2.45) is 4.99 Å². The van der Waals surface area contributed by atoms with Gasteiger partial charge in [-0.25, -0.2) is 4.99 Å². The molecule has 1 atom stereocenters. The molecule has 0 bridgehead atoms. The van der Waals surface area contributed by atoms with Crippen molar-refractivity contribution in [3.63, 3.8) is 0 Å². The van der Waals surface area contributed by atoms with Gasteiger partial charge in [-0.3, -0.25) is 4.79 Å². The van der Waals surface area contributed by atoms with Gasteiger partial charge in [-0.05, 0) is 31.0 Å². The zero-order valence-corrected chi connectivity index (χ0v) is 14.8. The van der Waals surface area contributed by atoms with Crippen LogP contribution in [0.5, 0.6) is 5.75 Å². The van der Waals surface area contributed by atoms with Crippen molar-refractivity contribution in [2.75, 3.05) is 26.7 Å². The van der Waals surface area contributed by atoms with Gasteiger partial charge in [0, 0.05) is 32.1 Å². The molecule has 1 heterocycles. The van der Waals surface area contributed by atoms with Crippen LogP contribution in [0.25, 0.3) is 0 Å². The summed E-state index contributed by atoms with van der Waals surface area (Å²) in [4.78, 5) is 18.3. The molecule has 0 saturated carbocycles. The standard InChI is InChI=1S/C18H28N4O2/c1-4-17(23)22-11-10-15(13-22)21-18(19-5-2)20-12-14-6-8-16(24-3)9-7-14/h6-9,15H,4-5,10-13H2,1-3H3,(H2,19,20,21). The molecule has 2 N–H and O–H groups in total. The van der Waals surface area contributed by atoms with E-state index in [4.69, 9.17) is 4.74 Å². The van der Waals surface area contributed by atoms with Crippen LogP contribution in [0.2, 0.25) is 0 Å². The first kappa shape index (κ1) is 18.1. The van der Waals surface area contributed by atoms with Crippen molar-refractivity contribution in [1.29, 1.82) is 0 Å². The normalized spacial score (nSPS) is 17.7. The molecule has 1 saturated heterocycles. The molecule has 0 radical (unpaired) electrons. The Morgan fingerprint density at radius 2 is 2.08 bits per heavy atom. The SMILES string of the molecule is CCNC(=NCc1ccc(OC)cc1)NC1CCN(C(=O)CC)C1. The van der Waals surface area contributed by atoms with Crippen LogP contribution >= 0.6 is 0 Å². The summed E-state index contributed by atoms with van der Waals surface area (Å²) in [5, 5.41) is 6.71. The van der Waals surface area contributed by atoms with Crippen molar-refractivity contribution < 1.29 is 9.53 Å². The minimum atomic E-state index is 0.222. The molecular formula is C18H28N4O2. The summed E-state index contributed by atoms with van der Waals surface area (Å²) in [6.07, 6.45) is 1.52. The third kappa shape index (κ3) is 5.15. The Morgan fingerprint density at radius 1 is 1.33 bits per heavy atom. The summed E-state index contributed by atoms with van der Waals surface area (Å²) in [6, 6.07) is 8.17. The Morgan fingerprint density at radius 3 is 2.71 bits per heavy atom. The first-order chi connectivity index (χ1) is 11.7. The largest absolute Gasteiger partial charge is 0.497 e. The third-order valence-corrected chi connectivity index (χ3v) is 4.11. The fourth-order valence-electron chi connectivity index (χ4n) is 2.74. The van der Waals surface area contributed by atoms with E-state index in [1.807, 2.05) is 43.0 Å². The van der Waals surface area contributed by atoms with Gasteiger partial charge in [0.25, 0.3) is 0 Å². The topological polar surface area (TPSA) is 66.0 Å². The summed E-state index contributed by atoms with van der Waals surface area (Å²) in [6.45, 7) is 6.93. The first-order valence-electron chi connectivity index (χ1n) is 8.61. The number of carbonyl (C=O) groups excluding carboxylic acids is 1. The summed E-state index contributed by atoms with van der Waals surface area (Å²) in [5.41, 5.74) is 1.13. The monoisotopic (exact) mass is 332 g/mol. The fourth-order valence-corrected chi connectivity index (χ4v) is 2.74. The molecule has 1 amide bonds. The van der Waals surface area contributed by atoms with E-state index >= 15 is 0 Å². The highest BCUT2D eigenvalue weighted by Crippen LogP contribution is 2.12. The molecular weight excluding hydrogens is 304 g/mol. The molecule has 0 aromatic heterocycles. The molecule has 1 aromatic rings. The maximum atomic E-state index is 11.8. The van der Waals surface area contributed by atoms with E-state index in [1.165, 1.54) is 0 Å². The number of aliphatic imine (C=N–C) groups is 1. The van der Waals surface area contributed by atoms with Crippen LogP contribution in [0.1, 0.15) is 32.3 Å². The van der Waals surface area contributed by atoms with Crippen LogP contribution in [-0.4, -0.2) is 49.6 Å². The molecule has 1 aliphatic heterocycles. The van der Waals surface area contributed by atoms with E-state index < -0.39 is 0 Å².